The molecule has 3 rings (SSSR count). The second kappa shape index (κ2) is 5.88. The predicted octanol–water partition coefficient (Wildman–Crippen LogP) is 1.13. The minimum Gasteiger partial charge on any atom is -0.408 e. The molecule has 7 nitrogen and oxygen atoms in total. The van der Waals surface area contributed by atoms with Gasteiger partial charge >= 0.3 is 5.22 Å². The number of carbonyl (C=O) groups is 1. The average Bonchev–Trinajstić information content (AvgIpc) is 3.20. The van der Waals surface area contributed by atoms with E-state index in [1.54, 1.807) is 29.2 Å². The molecule has 0 bridgehead atoms. The van der Waals surface area contributed by atoms with Gasteiger partial charge in [0, 0.05) is 18.7 Å². The van der Waals surface area contributed by atoms with E-state index < -0.39 is 26.7 Å². The van der Waals surface area contributed by atoms with Crippen LogP contribution in [0.15, 0.2) is 40.0 Å². The van der Waals surface area contributed by atoms with Crippen molar-refractivity contribution in [1.29, 1.82) is 0 Å². The van der Waals surface area contributed by atoms with Crippen LogP contribution in [0.2, 0.25) is 0 Å². The zero-order valence-electron chi connectivity index (χ0n) is 11.8. The number of likely N-dealkylation sites (tertiary alicyclic amines) is 1. The Balaban J connectivity index is 1.78. The molecule has 22 heavy (non-hydrogen) atoms. The zero-order valence-corrected chi connectivity index (χ0v) is 12.6. The second-order valence-corrected chi connectivity index (χ2v) is 6.95. The lowest BCUT2D eigenvalue weighted by Crippen LogP contribution is -2.33. The van der Waals surface area contributed by atoms with E-state index in [1.165, 1.54) is 0 Å². The Bertz CT molecular complexity index is 764. The maximum Gasteiger partial charge on any atom is 0.336 e. The molecular weight excluding hydrogens is 306 g/mol. The number of benzene rings is 1. The first kappa shape index (κ1) is 14.7. The average molecular weight is 321 g/mol. The smallest absolute Gasteiger partial charge is 0.336 e. The SMILES string of the molecule is O=C(CS(=O)(=O)c1nnc(-c2ccccc2)o1)N1CCCC1. The molecule has 0 N–H and O–H groups in total. The van der Waals surface area contributed by atoms with Crippen LogP contribution in [0, 0.1) is 0 Å². The van der Waals surface area contributed by atoms with Crippen molar-refractivity contribution >= 4 is 15.7 Å². The van der Waals surface area contributed by atoms with Gasteiger partial charge in [0.05, 0.1) is 0 Å². The lowest BCUT2D eigenvalue weighted by Gasteiger charge is -2.13. The van der Waals surface area contributed by atoms with Crippen LogP contribution in [0.3, 0.4) is 0 Å². The predicted molar refractivity (Wildman–Crippen MR) is 77.6 cm³/mol. The molecule has 0 spiro atoms. The fourth-order valence-corrected chi connectivity index (χ4v) is 3.32. The molecule has 0 atom stereocenters. The van der Waals surface area contributed by atoms with Gasteiger partial charge in [-0.15, -0.1) is 5.10 Å². The molecule has 0 saturated carbocycles. The Kier molecular flexibility index (Phi) is 3.93. The summed E-state index contributed by atoms with van der Waals surface area (Å²) in [7, 11) is -3.92. The highest BCUT2D eigenvalue weighted by Gasteiger charge is 2.29. The third-order valence-electron chi connectivity index (χ3n) is 3.47. The topological polar surface area (TPSA) is 93.4 Å². The van der Waals surface area contributed by atoms with Gasteiger partial charge in [-0.25, -0.2) is 8.42 Å². The van der Waals surface area contributed by atoms with E-state index in [0.717, 1.165) is 12.8 Å². The first-order valence-corrected chi connectivity index (χ1v) is 8.61. The van der Waals surface area contributed by atoms with Crippen LogP contribution < -0.4 is 0 Å². The molecule has 116 valence electrons. The second-order valence-electron chi connectivity index (χ2n) is 5.09. The van der Waals surface area contributed by atoms with Gasteiger partial charge in [-0.3, -0.25) is 4.79 Å². The first-order valence-electron chi connectivity index (χ1n) is 6.96. The third-order valence-corrected chi connectivity index (χ3v) is 4.79. The number of hydrogen-bond donors (Lipinski definition) is 0. The minimum absolute atomic E-state index is 0.118. The number of nitrogens with zero attached hydrogens (tertiary/aromatic N) is 3. The van der Waals surface area contributed by atoms with Crippen LogP contribution >= 0.6 is 0 Å². The highest BCUT2D eigenvalue weighted by molar-refractivity contribution is 7.91. The van der Waals surface area contributed by atoms with Crippen LogP contribution in [-0.2, 0) is 14.6 Å². The van der Waals surface area contributed by atoms with Crippen LogP contribution in [0.25, 0.3) is 11.5 Å². The molecule has 1 aliphatic rings. The molecule has 2 aromatic rings. The highest BCUT2D eigenvalue weighted by atomic mass is 32.2. The molecule has 1 aromatic heterocycles. The Hall–Kier alpha value is -2.22. The van der Waals surface area contributed by atoms with E-state index in [-0.39, 0.29) is 5.89 Å². The summed E-state index contributed by atoms with van der Waals surface area (Å²) in [5.41, 5.74) is 0.627. The van der Waals surface area contributed by atoms with Gasteiger partial charge in [0.2, 0.25) is 21.6 Å². The van der Waals surface area contributed by atoms with E-state index in [4.69, 9.17) is 4.42 Å². The van der Waals surface area contributed by atoms with Crippen molar-refractivity contribution in [2.75, 3.05) is 18.8 Å². The van der Waals surface area contributed by atoms with Gasteiger partial charge in [-0.1, -0.05) is 23.3 Å². The number of sulfone groups is 1. The van der Waals surface area contributed by atoms with Crippen molar-refractivity contribution in [3.05, 3.63) is 30.3 Å². The summed E-state index contributed by atoms with van der Waals surface area (Å²) < 4.78 is 29.6. The Labute approximate surface area is 127 Å². The van der Waals surface area contributed by atoms with Crippen LogP contribution in [0.5, 0.6) is 0 Å². The molecular formula is C14H15N3O4S. The molecule has 0 unspecified atom stereocenters. The molecule has 2 heterocycles. The third kappa shape index (κ3) is 3.01. The van der Waals surface area contributed by atoms with Gasteiger partial charge in [-0.2, -0.15) is 0 Å². The molecule has 1 amide bonds. The van der Waals surface area contributed by atoms with Crippen LogP contribution in [0.4, 0.5) is 0 Å². The number of aromatic nitrogens is 2. The van der Waals surface area contributed by atoms with E-state index in [0.29, 0.717) is 18.7 Å². The number of carbonyl (C=O) groups excluding carboxylic acids is 1. The molecule has 1 aromatic carbocycles. The largest absolute Gasteiger partial charge is 0.408 e. The van der Waals surface area contributed by atoms with E-state index in [1.807, 2.05) is 6.07 Å². The summed E-state index contributed by atoms with van der Waals surface area (Å²) in [6, 6.07) is 8.86. The maximum atomic E-state index is 12.2. The molecule has 0 radical (unpaired) electrons. The van der Waals surface area contributed by atoms with Gasteiger partial charge in [0.25, 0.3) is 0 Å². The Morgan fingerprint density at radius 3 is 2.50 bits per heavy atom. The van der Waals surface area contributed by atoms with E-state index in [9.17, 15) is 13.2 Å². The summed E-state index contributed by atoms with van der Waals surface area (Å²) in [6.07, 6.45) is 1.81. The summed E-state index contributed by atoms with van der Waals surface area (Å²) in [5, 5.41) is 6.79. The van der Waals surface area contributed by atoms with Gasteiger partial charge in [0.1, 0.15) is 5.75 Å². The van der Waals surface area contributed by atoms with Gasteiger partial charge in [-0.05, 0) is 25.0 Å². The Morgan fingerprint density at radius 2 is 1.82 bits per heavy atom. The van der Waals surface area contributed by atoms with Crippen LogP contribution in [-0.4, -0.2) is 48.3 Å². The minimum atomic E-state index is -3.92. The lowest BCUT2D eigenvalue weighted by atomic mass is 10.2. The molecule has 1 aliphatic heterocycles. The number of amides is 1. The normalized spacial score (nSPS) is 15.2. The quantitative estimate of drug-likeness (QED) is 0.838. The summed E-state index contributed by atoms with van der Waals surface area (Å²) >= 11 is 0. The first-order chi connectivity index (χ1) is 10.6. The standard InChI is InChI=1S/C14H15N3O4S/c18-12(17-8-4-5-9-17)10-22(19,20)14-16-15-13(21-14)11-6-2-1-3-7-11/h1-3,6-7H,4-5,8-10H2. The Morgan fingerprint density at radius 1 is 1.14 bits per heavy atom. The molecule has 0 aliphatic carbocycles. The lowest BCUT2D eigenvalue weighted by molar-refractivity contribution is -0.127. The molecule has 8 heteroatoms. The summed E-state index contributed by atoms with van der Waals surface area (Å²) in [4.78, 5) is 13.5. The van der Waals surface area contributed by atoms with Crippen molar-refractivity contribution in [3.63, 3.8) is 0 Å². The van der Waals surface area contributed by atoms with Gasteiger partial charge in [0.15, 0.2) is 0 Å². The highest BCUT2D eigenvalue weighted by Crippen LogP contribution is 2.20. The van der Waals surface area contributed by atoms with Gasteiger partial charge < -0.3 is 9.32 Å². The fourth-order valence-electron chi connectivity index (χ4n) is 2.31. The van der Waals surface area contributed by atoms with Crippen molar-refractivity contribution in [1.82, 2.24) is 15.1 Å². The summed E-state index contributed by atoms with van der Waals surface area (Å²) in [5.74, 6) is -0.937. The molecule has 1 saturated heterocycles. The maximum absolute atomic E-state index is 12.2. The number of rotatable bonds is 4. The van der Waals surface area contributed by atoms with Crippen molar-refractivity contribution in [3.8, 4) is 11.5 Å². The molecule has 1 fully saturated rings. The van der Waals surface area contributed by atoms with Crippen molar-refractivity contribution in [2.24, 2.45) is 0 Å². The van der Waals surface area contributed by atoms with Crippen LogP contribution in [0.1, 0.15) is 12.8 Å². The summed E-state index contributed by atoms with van der Waals surface area (Å²) in [6.45, 7) is 1.21. The van der Waals surface area contributed by atoms with Crippen molar-refractivity contribution < 1.29 is 17.6 Å². The monoisotopic (exact) mass is 321 g/mol. The zero-order chi connectivity index (χ0) is 15.6. The van der Waals surface area contributed by atoms with Crippen molar-refractivity contribution in [2.45, 2.75) is 18.1 Å². The number of hydrogen-bond acceptors (Lipinski definition) is 6. The van der Waals surface area contributed by atoms with E-state index in [2.05, 4.69) is 10.2 Å². The van der Waals surface area contributed by atoms with E-state index >= 15 is 0 Å². The fraction of sp³-hybridized carbons (Fsp3) is 0.357.